The van der Waals surface area contributed by atoms with Crippen LogP contribution in [0.25, 0.3) is 0 Å². The first-order chi connectivity index (χ1) is 12.5. The van der Waals surface area contributed by atoms with Gasteiger partial charge in [-0.2, -0.15) is 0 Å². The monoisotopic (exact) mass is 390 g/mol. The molecule has 1 aliphatic heterocycles. The first kappa shape index (κ1) is 17.5. The van der Waals surface area contributed by atoms with Gasteiger partial charge in [-0.3, -0.25) is 9.52 Å². The summed E-state index contributed by atoms with van der Waals surface area (Å²) >= 11 is 1.29. The molecule has 138 valence electrons. The van der Waals surface area contributed by atoms with E-state index in [1.807, 2.05) is 24.0 Å². The summed E-state index contributed by atoms with van der Waals surface area (Å²) in [4.78, 5) is 15.4. The van der Waals surface area contributed by atoms with Crippen LogP contribution < -0.4 is 9.62 Å². The molecule has 1 saturated carbocycles. The number of nitrogens with zero attached hydrogens (tertiary/aromatic N) is 1. The molecule has 1 aliphatic carbocycles. The number of carbonyl (C=O) groups excluding carboxylic acids is 1. The lowest BCUT2D eigenvalue weighted by Gasteiger charge is -2.30. The number of thiophene rings is 1. The van der Waals surface area contributed by atoms with Crippen molar-refractivity contribution in [2.45, 2.75) is 43.2 Å². The number of rotatable bonds is 5. The summed E-state index contributed by atoms with van der Waals surface area (Å²) in [5.74, 6) is 0.330. The highest BCUT2D eigenvalue weighted by Crippen LogP contribution is 2.37. The number of carbonyl (C=O) groups is 1. The SMILES string of the molecule is CCc1ccc(S(=O)(=O)Nc2ccc3c(c2)N(C(=O)C2CC2)CCC3)s1. The molecule has 2 aliphatic rings. The summed E-state index contributed by atoms with van der Waals surface area (Å²) in [6, 6.07) is 9.02. The lowest BCUT2D eigenvalue weighted by Crippen LogP contribution is -2.36. The second kappa shape index (κ2) is 6.70. The lowest BCUT2D eigenvalue weighted by atomic mass is 10.0. The number of hydrogen-bond acceptors (Lipinski definition) is 4. The number of fused-ring (bicyclic) bond motifs is 1. The summed E-state index contributed by atoms with van der Waals surface area (Å²) in [6.07, 6.45) is 4.62. The summed E-state index contributed by atoms with van der Waals surface area (Å²) in [5, 5.41) is 0. The van der Waals surface area contributed by atoms with Crippen molar-refractivity contribution in [3.8, 4) is 0 Å². The van der Waals surface area contributed by atoms with E-state index in [1.165, 1.54) is 11.3 Å². The predicted molar refractivity (Wildman–Crippen MR) is 104 cm³/mol. The number of anilines is 2. The quantitative estimate of drug-likeness (QED) is 0.844. The van der Waals surface area contributed by atoms with E-state index in [4.69, 9.17) is 0 Å². The topological polar surface area (TPSA) is 66.5 Å². The smallest absolute Gasteiger partial charge is 0.271 e. The molecule has 0 radical (unpaired) electrons. The maximum atomic E-state index is 12.7. The molecule has 26 heavy (non-hydrogen) atoms. The Balaban J connectivity index is 1.61. The molecule has 7 heteroatoms. The number of sulfonamides is 1. The molecule has 1 amide bonds. The van der Waals surface area contributed by atoms with E-state index in [2.05, 4.69) is 4.72 Å². The molecule has 0 atom stereocenters. The van der Waals surface area contributed by atoms with Gasteiger partial charge in [-0.15, -0.1) is 11.3 Å². The zero-order chi connectivity index (χ0) is 18.3. The third-order valence-electron chi connectivity index (χ3n) is 4.90. The van der Waals surface area contributed by atoms with Crippen molar-refractivity contribution in [2.24, 2.45) is 5.92 Å². The van der Waals surface area contributed by atoms with Crippen LogP contribution in [-0.2, 0) is 27.7 Å². The molecule has 0 unspecified atom stereocenters. The van der Waals surface area contributed by atoms with E-state index < -0.39 is 10.0 Å². The van der Waals surface area contributed by atoms with Gasteiger partial charge < -0.3 is 4.90 Å². The van der Waals surface area contributed by atoms with E-state index in [1.54, 1.807) is 18.2 Å². The highest BCUT2D eigenvalue weighted by atomic mass is 32.2. The van der Waals surface area contributed by atoms with Gasteiger partial charge >= 0.3 is 0 Å². The van der Waals surface area contributed by atoms with Crippen molar-refractivity contribution in [1.82, 2.24) is 0 Å². The van der Waals surface area contributed by atoms with Gasteiger partial charge in [0.25, 0.3) is 10.0 Å². The van der Waals surface area contributed by atoms with Gasteiger partial charge in [0.05, 0.1) is 5.69 Å². The summed E-state index contributed by atoms with van der Waals surface area (Å²) in [5.41, 5.74) is 2.47. The van der Waals surface area contributed by atoms with E-state index >= 15 is 0 Å². The van der Waals surface area contributed by atoms with E-state index in [0.717, 1.165) is 48.2 Å². The van der Waals surface area contributed by atoms with Crippen LogP contribution in [0.5, 0.6) is 0 Å². The molecule has 1 aromatic carbocycles. The van der Waals surface area contributed by atoms with Gasteiger partial charge in [0.15, 0.2) is 0 Å². The maximum Gasteiger partial charge on any atom is 0.271 e. The molecular formula is C19H22N2O3S2. The summed E-state index contributed by atoms with van der Waals surface area (Å²) < 4.78 is 28.3. The number of amides is 1. The Morgan fingerprint density at radius 2 is 2.08 bits per heavy atom. The van der Waals surface area contributed by atoms with Gasteiger partial charge in [0.1, 0.15) is 4.21 Å². The van der Waals surface area contributed by atoms with E-state index in [-0.39, 0.29) is 11.8 Å². The Morgan fingerprint density at radius 1 is 1.27 bits per heavy atom. The fraction of sp³-hybridized carbons (Fsp3) is 0.421. The Morgan fingerprint density at radius 3 is 2.77 bits per heavy atom. The average molecular weight is 391 g/mol. The molecule has 1 N–H and O–H groups in total. The molecule has 0 bridgehead atoms. The molecule has 0 spiro atoms. The van der Waals surface area contributed by atoms with Crippen LogP contribution in [0, 0.1) is 5.92 Å². The fourth-order valence-electron chi connectivity index (χ4n) is 3.32. The van der Waals surface area contributed by atoms with Gasteiger partial charge in [0.2, 0.25) is 5.91 Å². The highest BCUT2D eigenvalue weighted by molar-refractivity contribution is 7.94. The Labute approximate surface area is 158 Å². The third-order valence-corrected chi connectivity index (χ3v) is 8.00. The van der Waals surface area contributed by atoms with E-state index in [0.29, 0.717) is 16.4 Å². The number of benzene rings is 1. The predicted octanol–water partition coefficient (Wildman–Crippen LogP) is 3.80. The fourth-order valence-corrected chi connectivity index (χ4v) is 5.66. The van der Waals surface area contributed by atoms with Gasteiger partial charge in [0, 0.05) is 23.0 Å². The largest absolute Gasteiger partial charge is 0.312 e. The van der Waals surface area contributed by atoms with Crippen molar-refractivity contribution in [3.05, 3.63) is 40.8 Å². The Kier molecular flexibility index (Phi) is 4.52. The molecule has 4 rings (SSSR count). The van der Waals surface area contributed by atoms with Gasteiger partial charge in [-0.1, -0.05) is 13.0 Å². The highest BCUT2D eigenvalue weighted by Gasteiger charge is 2.35. The standard InChI is InChI=1S/C19H22N2O3S2/c1-2-16-9-10-18(25-16)26(23,24)20-15-8-7-13-4-3-11-21(17(13)12-15)19(22)14-5-6-14/h7-10,12,14,20H,2-6,11H2,1H3. The number of hydrogen-bond donors (Lipinski definition) is 1. The number of nitrogens with one attached hydrogen (secondary N) is 1. The normalized spacial score (nSPS) is 17.0. The molecule has 1 fully saturated rings. The summed E-state index contributed by atoms with van der Waals surface area (Å²) in [6.45, 7) is 2.72. The van der Waals surface area contributed by atoms with Crippen LogP contribution in [-0.4, -0.2) is 20.9 Å². The first-order valence-corrected chi connectivity index (χ1v) is 11.3. The zero-order valence-electron chi connectivity index (χ0n) is 14.7. The minimum atomic E-state index is -3.61. The Hall–Kier alpha value is -1.86. The van der Waals surface area contributed by atoms with Crippen LogP contribution in [0.1, 0.15) is 36.6 Å². The maximum absolute atomic E-state index is 12.7. The molecule has 2 aromatic rings. The van der Waals surface area contributed by atoms with Crippen molar-refractivity contribution in [2.75, 3.05) is 16.2 Å². The van der Waals surface area contributed by atoms with Gasteiger partial charge in [-0.25, -0.2) is 8.42 Å². The molecule has 2 heterocycles. The van der Waals surface area contributed by atoms with Crippen molar-refractivity contribution < 1.29 is 13.2 Å². The Bertz CT molecular complexity index is 945. The van der Waals surface area contributed by atoms with Crippen LogP contribution in [0.4, 0.5) is 11.4 Å². The molecule has 5 nitrogen and oxygen atoms in total. The van der Waals surface area contributed by atoms with Crippen LogP contribution in [0.15, 0.2) is 34.5 Å². The third kappa shape index (κ3) is 3.38. The van der Waals surface area contributed by atoms with Crippen molar-refractivity contribution in [1.29, 1.82) is 0 Å². The van der Waals surface area contributed by atoms with Crippen LogP contribution in [0.3, 0.4) is 0 Å². The molecule has 0 saturated heterocycles. The number of aryl methyl sites for hydroxylation is 2. The minimum Gasteiger partial charge on any atom is -0.312 e. The lowest BCUT2D eigenvalue weighted by molar-refractivity contribution is -0.119. The van der Waals surface area contributed by atoms with Crippen LogP contribution >= 0.6 is 11.3 Å². The first-order valence-electron chi connectivity index (χ1n) is 9.04. The second-order valence-corrected chi connectivity index (χ2v) is 9.97. The van der Waals surface area contributed by atoms with E-state index in [9.17, 15) is 13.2 Å². The summed E-state index contributed by atoms with van der Waals surface area (Å²) in [7, 11) is -3.61. The zero-order valence-corrected chi connectivity index (χ0v) is 16.3. The minimum absolute atomic E-state index is 0.153. The van der Waals surface area contributed by atoms with Crippen molar-refractivity contribution >= 4 is 38.6 Å². The average Bonchev–Trinajstić information content (AvgIpc) is 3.36. The van der Waals surface area contributed by atoms with Gasteiger partial charge in [-0.05, 0) is 61.9 Å². The second-order valence-electron chi connectivity index (χ2n) is 6.89. The molecular weight excluding hydrogens is 368 g/mol. The molecule has 1 aromatic heterocycles. The van der Waals surface area contributed by atoms with Crippen LogP contribution in [0.2, 0.25) is 0 Å². The van der Waals surface area contributed by atoms with Crippen molar-refractivity contribution in [3.63, 3.8) is 0 Å².